The highest BCUT2D eigenvalue weighted by Gasteiger charge is 2.20. The molecule has 2 rings (SSSR count). The van der Waals surface area contributed by atoms with Crippen molar-refractivity contribution in [3.63, 3.8) is 0 Å². The van der Waals surface area contributed by atoms with Crippen LogP contribution in [0, 0.1) is 5.92 Å². The molecule has 1 unspecified atom stereocenters. The van der Waals surface area contributed by atoms with Crippen molar-refractivity contribution in [3.8, 4) is 5.75 Å². The van der Waals surface area contributed by atoms with Gasteiger partial charge in [-0.3, -0.25) is 4.90 Å². The Bertz CT molecular complexity index is 357. The average Bonchev–Trinajstić information content (AvgIpc) is 2.77. The molecule has 0 radical (unpaired) electrons. The van der Waals surface area contributed by atoms with Gasteiger partial charge in [-0.15, -0.1) is 0 Å². The van der Waals surface area contributed by atoms with Crippen molar-refractivity contribution in [2.45, 2.75) is 6.42 Å². The molecule has 0 aliphatic carbocycles. The Morgan fingerprint density at radius 1 is 1.47 bits per heavy atom. The lowest BCUT2D eigenvalue weighted by Gasteiger charge is -2.16. The van der Waals surface area contributed by atoms with Crippen LogP contribution in [0.15, 0.2) is 24.3 Å². The summed E-state index contributed by atoms with van der Waals surface area (Å²) in [5, 5.41) is 9.05. The van der Waals surface area contributed by atoms with Gasteiger partial charge in [-0.2, -0.15) is 0 Å². The molecule has 4 nitrogen and oxygen atoms in total. The first-order chi connectivity index (χ1) is 8.28. The maximum Gasteiger partial charge on any atom is 0.121 e. The summed E-state index contributed by atoms with van der Waals surface area (Å²) in [6.07, 6.45) is 1.09. The monoisotopic (exact) mass is 236 g/mol. The van der Waals surface area contributed by atoms with Crippen molar-refractivity contribution in [3.05, 3.63) is 24.3 Å². The fourth-order valence-electron chi connectivity index (χ4n) is 2.16. The van der Waals surface area contributed by atoms with E-state index in [0.29, 0.717) is 19.1 Å². The summed E-state index contributed by atoms with van der Waals surface area (Å²) < 4.78 is 5.63. The van der Waals surface area contributed by atoms with E-state index < -0.39 is 0 Å². The quantitative estimate of drug-likeness (QED) is 0.748. The standard InChI is InChI=1S/C13H20N2O2/c14-12-2-1-3-13(8-12)17-7-6-15-5-4-11(9-15)10-16/h1-3,8,11,16H,4-7,9-10,14H2. The summed E-state index contributed by atoms with van der Waals surface area (Å²) in [5.41, 5.74) is 6.40. The molecular weight excluding hydrogens is 216 g/mol. The van der Waals surface area contributed by atoms with Crippen LogP contribution in [0.25, 0.3) is 0 Å². The Hall–Kier alpha value is -1.26. The van der Waals surface area contributed by atoms with E-state index in [-0.39, 0.29) is 0 Å². The van der Waals surface area contributed by atoms with Gasteiger partial charge < -0.3 is 15.6 Å². The fourth-order valence-corrected chi connectivity index (χ4v) is 2.16. The smallest absolute Gasteiger partial charge is 0.121 e. The van der Waals surface area contributed by atoms with Crippen LogP contribution in [0.4, 0.5) is 5.69 Å². The fraction of sp³-hybridized carbons (Fsp3) is 0.538. The minimum Gasteiger partial charge on any atom is -0.492 e. The number of hydrogen-bond acceptors (Lipinski definition) is 4. The van der Waals surface area contributed by atoms with Crippen LogP contribution in [0.2, 0.25) is 0 Å². The minimum absolute atomic E-state index is 0.298. The average molecular weight is 236 g/mol. The van der Waals surface area contributed by atoms with E-state index in [1.54, 1.807) is 0 Å². The number of aliphatic hydroxyl groups is 1. The van der Waals surface area contributed by atoms with Gasteiger partial charge in [0.2, 0.25) is 0 Å². The highest BCUT2D eigenvalue weighted by atomic mass is 16.5. The zero-order chi connectivity index (χ0) is 12.1. The lowest BCUT2D eigenvalue weighted by atomic mass is 10.1. The molecule has 4 heteroatoms. The van der Waals surface area contributed by atoms with E-state index in [4.69, 9.17) is 15.6 Å². The summed E-state index contributed by atoms with van der Waals surface area (Å²) >= 11 is 0. The second kappa shape index (κ2) is 5.89. The SMILES string of the molecule is Nc1cccc(OCCN2CCC(CO)C2)c1. The molecule has 1 atom stereocenters. The predicted molar refractivity (Wildman–Crippen MR) is 68.0 cm³/mol. The van der Waals surface area contributed by atoms with Crippen molar-refractivity contribution < 1.29 is 9.84 Å². The maximum absolute atomic E-state index is 9.05. The van der Waals surface area contributed by atoms with E-state index in [0.717, 1.165) is 37.5 Å². The number of rotatable bonds is 5. The second-order valence-electron chi connectivity index (χ2n) is 4.56. The second-order valence-corrected chi connectivity index (χ2v) is 4.56. The number of aliphatic hydroxyl groups excluding tert-OH is 1. The third kappa shape index (κ3) is 3.61. The van der Waals surface area contributed by atoms with Crippen molar-refractivity contribution in [2.75, 3.05) is 38.6 Å². The van der Waals surface area contributed by atoms with Crippen molar-refractivity contribution in [2.24, 2.45) is 5.92 Å². The molecule has 0 saturated carbocycles. The van der Waals surface area contributed by atoms with E-state index in [1.165, 1.54) is 0 Å². The summed E-state index contributed by atoms with van der Waals surface area (Å²) in [4.78, 5) is 2.33. The first kappa shape index (κ1) is 12.2. The van der Waals surface area contributed by atoms with Gasteiger partial charge in [-0.05, 0) is 31.0 Å². The van der Waals surface area contributed by atoms with E-state index >= 15 is 0 Å². The first-order valence-corrected chi connectivity index (χ1v) is 6.09. The van der Waals surface area contributed by atoms with E-state index in [2.05, 4.69) is 4.90 Å². The van der Waals surface area contributed by atoms with Gasteiger partial charge in [0.1, 0.15) is 12.4 Å². The molecule has 1 fully saturated rings. The molecule has 17 heavy (non-hydrogen) atoms. The zero-order valence-electron chi connectivity index (χ0n) is 10.0. The number of ether oxygens (including phenoxy) is 1. The largest absolute Gasteiger partial charge is 0.492 e. The summed E-state index contributed by atoms with van der Waals surface area (Å²) in [6, 6.07) is 7.48. The van der Waals surface area contributed by atoms with Crippen LogP contribution >= 0.6 is 0 Å². The lowest BCUT2D eigenvalue weighted by molar-refractivity contribution is 0.204. The van der Waals surface area contributed by atoms with E-state index in [9.17, 15) is 0 Å². The molecule has 1 aliphatic heterocycles. The Morgan fingerprint density at radius 3 is 3.06 bits per heavy atom. The van der Waals surface area contributed by atoms with Gasteiger partial charge in [-0.25, -0.2) is 0 Å². The number of nitrogen functional groups attached to an aromatic ring is 1. The Kier molecular flexibility index (Phi) is 4.23. The Morgan fingerprint density at radius 2 is 2.35 bits per heavy atom. The maximum atomic E-state index is 9.05. The lowest BCUT2D eigenvalue weighted by Crippen LogP contribution is -2.26. The van der Waals surface area contributed by atoms with Crippen LogP contribution < -0.4 is 10.5 Å². The van der Waals surface area contributed by atoms with Crippen molar-refractivity contribution >= 4 is 5.69 Å². The highest BCUT2D eigenvalue weighted by molar-refractivity contribution is 5.43. The van der Waals surface area contributed by atoms with Crippen molar-refractivity contribution in [1.29, 1.82) is 0 Å². The molecule has 1 aromatic rings. The Labute approximate surface area is 102 Å². The molecule has 0 aromatic heterocycles. The van der Waals surface area contributed by atoms with Crippen LogP contribution in [0.1, 0.15) is 6.42 Å². The number of anilines is 1. The molecule has 1 heterocycles. The van der Waals surface area contributed by atoms with Gasteiger partial charge in [0, 0.05) is 31.5 Å². The molecule has 1 saturated heterocycles. The predicted octanol–water partition coefficient (Wildman–Crippen LogP) is 0.962. The molecule has 1 aromatic carbocycles. The molecular formula is C13H20N2O2. The van der Waals surface area contributed by atoms with Crippen LogP contribution in [-0.2, 0) is 0 Å². The van der Waals surface area contributed by atoms with Gasteiger partial charge in [0.25, 0.3) is 0 Å². The molecule has 1 aliphatic rings. The first-order valence-electron chi connectivity index (χ1n) is 6.09. The molecule has 3 N–H and O–H groups in total. The van der Waals surface area contributed by atoms with Crippen molar-refractivity contribution in [1.82, 2.24) is 4.90 Å². The van der Waals surface area contributed by atoms with Gasteiger partial charge in [0.05, 0.1) is 0 Å². The normalized spacial score (nSPS) is 20.6. The third-order valence-electron chi connectivity index (χ3n) is 3.16. The molecule has 0 amide bonds. The number of hydrogen-bond donors (Lipinski definition) is 2. The topological polar surface area (TPSA) is 58.7 Å². The summed E-state index contributed by atoms with van der Waals surface area (Å²) in [6.45, 7) is 3.92. The van der Waals surface area contributed by atoms with Crippen LogP contribution in [0.3, 0.4) is 0 Å². The van der Waals surface area contributed by atoms with E-state index in [1.807, 2.05) is 24.3 Å². The molecule has 0 bridgehead atoms. The minimum atomic E-state index is 0.298. The number of likely N-dealkylation sites (tertiary alicyclic amines) is 1. The van der Waals surface area contributed by atoms with Gasteiger partial charge >= 0.3 is 0 Å². The zero-order valence-corrected chi connectivity index (χ0v) is 10.0. The van der Waals surface area contributed by atoms with Crippen LogP contribution in [0.5, 0.6) is 5.75 Å². The third-order valence-corrected chi connectivity index (χ3v) is 3.16. The molecule has 0 spiro atoms. The summed E-state index contributed by atoms with van der Waals surface area (Å²) in [5.74, 6) is 1.27. The number of nitrogens with two attached hydrogens (primary N) is 1. The Balaban J connectivity index is 1.70. The van der Waals surface area contributed by atoms with Gasteiger partial charge in [-0.1, -0.05) is 6.07 Å². The van der Waals surface area contributed by atoms with Gasteiger partial charge in [0.15, 0.2) is 0 Å². The number of benzene rings is 1. The molecule has 94 valence electrons. The number of nitrogens with zero attached hydrogens (tertiary/aromatic N) is 1. The van der Waals surface area contributed by atoms with Crippen LogP contribution in [-0.4, -0.2) is 42.9 Å². The summed E-state index contributed by atoms with van der Waals surface area (Å²) in [7, 11) is 0. The highest BCUT2D eigenvalue weighted by Crippen LogP contribution is 2.16.